The van der Waals surface area contributed by atoms with Gasteiger partial charge in [0.2, 0.25) is 5.91 Å². The van der Waals surface area contributed by atoms with Crippen LogP contribution >= 0.6 is 0 Å². The lowest BCUT2D eigenvalue weighted by molar-refractivity contribution is -0.115. The molecular formula is C21H21FN4O2. The third-order valence-corrected chi connectivity index (χ3v) is 3.74. The van der Waals surface area contributed by atoms with Crippen LogP contribution in [0.15, 0.2) is 60.7 Å². The minimum atomic E-state index is -0.409. The van der Waals surface area contributed by atoms with E-state index >= 15 is 0 Å². The van der Waals surface area contributed by atoms with Gasteiger partial charge in [0.25, 0.3) is 0 Å². The molecule has 28 heavy (non-hydrogen) atoms. The van der Waals surface area contributed by atoms with Crippen LogP contribution < -0.4 is 15.4 Å². The summed E-state index contributed by atoms with van der Waals surface area (Å²) in [6.45, 7) is 3.94. The summed E-state index contributed by atoms with van der Waals surface area (Å²) in [7, 11) is 0. The zero-order valence-electron chi connectivity index (χ0n) is 15.6. The average Bonchev–Trinajstić information content (AvgIpc) is 2.66. The van der Waals surface area contributed by atoms with Crippen LogP contribution in [0.4, 0.5) is 21.7 Å². The Kier molecular flexibility index (Phi) is 6.16. The molecule has 0 bridgehead atoms. The number of benzene rings is 2. The molecule has 1 heterocycles. The first kappa shape index (κ1) is 19.3. The molecule has 0 unspecified atom stereocenters. The summed E-state index contributed by atoms with van der Waals surface area (Å²) in [6, 6.07) is 17.0. The standard InChI is InChI=1S/C21H21FN4O2/c1-14(2)28-17-9-7-16(8-10-17)23-19-11-12-20(26-25-19)24-21(27)13-15-5-3-4-6-18(15)22/h3-12,14H,13H2,1-2H3,(H,23,25)(H,24,26,27). The number of rotatable bonds is 7. The smallest absolute Gasteiger partial charge is 0.230 e. The maximum Gasteiger partial charge on any atom is 0.230 e. The van der Waals surface area contributed by atoms with Crippen molar-refractivity contribution in [1.29, 1.82) is 0 Å². The molecule has 1 aromatic heterocycles. The van der Waals surface area contributed by atoms with Crippen LogP contribution in [0.2, 0.25) is 0 Å². The quantitative estimate of drug-likeness (QED) is 0.638. The third-order valence-electron chi connectivity index (χ3n) is 3.74. The van der Waals surface area contributed by atoms with Gasteiger partial charge in [-0.2, -0.15) is 0 Å². The van der Waals surface area contributed by atoms with Gasteiger partial charge in [-0.15, -0.1) is 10.2 Å². The molecule has 0 radical (unpaired) electrons. The molecule has 2 N–H and O–H groups in total. The molecular weight excluding hydrogens is 359 g/mol. The second-order valence-corrected chi connectivity index (χ2v) is 6.44. The summed E-state index contributed by atoms with van der Waals surface area (Å²) in [4.78, 5) is 12.0. The van der Waals surface area contributed by atoms with Crippen molar-refractivity contribution in [3.8, 4) is 5.75 Å². The van der Waals surface area contributed by atoms with E-state index in [1.165, 1.54) is 6.07 Å². The van der Waals surface area contributed by atoms with Crippen LogP contribution in [0.3, 0.4) is 0 Å². The third kappa shape index (κ3) is 5.51. The second kappa shape index (κ2) is 8.94. The fraction of sp³-hybridized carbons (Fsp3) is 0.190. The van der Waals surface area contributed by atoms with Crippen LogP contribution in [0.25, 0.3) is 0 Å². The van der Waals surface area contributed by atoms with Gasteiger partial charge < -0.3 is 15.4 Å². The van der Waals surface area contributed by atoms with Gasteiger partial charge in [-0.25, -0.2) is 4.39 Å². The number of ether oxygens (including phenoxy) is 1. The molecule has 0 saturated carbocycles. The molecule has 144 valence electrons. The topological polar surface area (TPSA) is 76.1 Å². The number of nitrogens with zero attached hydrogens (tertiary/aromatic N) is 2. The van der Waals surface area contributed by atoms with E-state index in [4.69, 9.17) is 4.74 Å². The van der Waals surface area contributed by atoms with Crippen molar-refractivity contribution >= 4 is 23.2 Å². The van der Waals surface area contributed by atoms with E-state index in [2.05, 4.69) is 20.8 Å². The minimum absolute atomic E-state index is 0.0703. The molecule has 0 saturated heterocycles. The van der Waals surface area contributed by atoms with E-state index in [-0.39, 0.29) is 18.4 Å². The van der Waals surface area contributed by atoms with Crippen molar-refractivity contribution < 1.29 is 13.9 Å². The van der Waals surface area contributed by atoms with Gasteiger partial charge in [-0.1, -0.05) is 18.2 Å². The van der Waals surface area contributed by atoms with Crippen molar-refractivity contribution in [1.82, 2.24) is 10.2 Å². The van der Waals surface area contributed by atoms with Crippen LogP contribution in [0, 0.1) is 5.82 Å². The monoisotopic (exact) mass is 380 g/mol. The normalized spacial score (nSPS) is 10.6. The number of halogens is 1. The maximum absolute atomic E-state index is 13.6. The van der Waals surface area contributed by atoms with Gasteiger partial charge >= 0.3 is 0 Å². The van der Waals surface area contributed by atoms with Gasteiger partial charge in [0.1, 0.15) is 11.6 Å². The largest absolute Gasteiger partial charge is 0.491 e. The molecule has 0 aliphatic heterocycles. The van der Waals surface area contributed by atoms with Crippen molar-refractivity contribution in [3.63, 3.8) is 0 Å². The van der Waals surface area contributed by atoms with E-state index in [1.807, 2.05) is 38.1 Å². The number of hydrogen-bond acceptors (Lipinski definition) is 5. The summed E-state index contributed by atoms with van der Waals surface area (Å²) in [5, 5.41) is 13.7. The summed E-state index contributed by atoms with van der Waals surface area (Å²) in [5.41, 5.74) is 1.16. The maximum atomic E-state index is 13.6. The van der Waals surface area contributed by atoms with Crippen LogP contribution in [0.5, 0.6) is 5.75 Å². The molecule has 0 fully saturated rings. The number of anilines is 3. The number of hydrogen-bond donors (Lipinski definition) is 2. The Balaban J connectivity index is 1.56. The lowest BCUT2D eigenvalue weighted by atomic mass is 10.1. The minimum Gasteiger partial charge on any atom is -0.491 e. The summed E-state index contributed by atoms with van der Waals surface area (Å²) < 4.78 is 19.2. The molecule has 0 aliphatic carbocycles. The average molecular weight is 380 g/mol. The van der Waals surface area contributed by atoms with Crippen LogP contribution in [0.1, 0.15) is 19.4 Å². The Hall–Kier alpha value is -3.48. The highest BCUT2D eigenvalue weighted by atomic mass is 19.1. The van der Waals surface area contributed by atoms with E-state index in [0.29, 0.717) is 17.2 Å². The first-order valence-corrected chi connectivity index (χ1v) is 8.90. The molecule has 0 aliphatic rings. The zero-order chi connectivity index (χ0) is 19.9. The summed E-state index contributed by atoms with van der Waals surface area (Å²) in [5.74, 6) is 0.852. The molecule has 3 rings (SSSR count). The van der Waals surface area contributed by atoms with E-state index < -0.39 is 5.82 Å². The van der Waals surface area contributed by atoms with Crippen molar-refractivity contribution in [2.45, 2.75) is 26.4 Å². The van der Waals surface area contributed by atoms with Crippen LogP contribution in [-0.2, 0) is 11.2 Å². The lowest BCUT2D eigenvalue weighted by Crippen LogP contribution is -2.16. The SMILES string of the molecule is CC(C)Oc1ccc(Nc2ccc(NC(=O)Cc3ccccc3F)nn2)cc1. The van der Waals surface area contributed by atoms with Gasteiger partial charge in [0.15, 0.2) is 11.6 Å². The van der Waals surface area contributed by atoms with Gasteiger partial charge in [0.05, 0.1) is 12.5 Å². The van der Waals surface area contributed by atoms with E-state index in [0.717, 1.165) is 11.4 Å². The van der Waals surface area contributed by atoms with E-state index in [1.54, 1.807) is 30.3 Å². The molecule has 0 atom stereocenters. The Morgan fingerprint density at radius 2 is 1.68 bits per heavy atom. The molecule has 2 aromatic carbocycles. The molecule has 1 amide bonds. The number of amides is 1. The molecule has 6 nitrogen and oxygen atoms in total. The highest BCUT2D eigenvalue weighted by Crippen LogP contribution is 2.20. The molecule has 0 spiro atoms. The van der Waals surface area contributed by atoms with Crippen molar-refractivity contribution in [3.05, 3.63) is 72.0 Å². The molecule has 3 aromatic rings. The summed E-state index contributed by atoms with van der Waals surface area (Å²) >= 11 is 0. The van der Waals surface area contributed by atoms with Crippen molar-refractivity contribution in [2.75, 3.05) is 10.6 Å². The Morgan fingerprint density at radius 3 is 2.32 bits per heavy atom. The van der Waals surface area contributed by atoms with E-state index in [9.17, 15) is 9.18 Å². The van der Waals surface area contributed by atoms with Gasteiger partial charge in [0, 0.05) is 5.69 Å². The fourth-order valence-electron chi connectivity index (χ4n) is 2.50. The first-order valence-electron chi connectivity index (χ1n) is 8.90. The Morgan fingerprint density at radius 1 is 1.00 bits per heavy atom. The van der Waals surface area contributed by atoms with Crippen LogP contribution in [-0.4, -0.2) is 22.2 Å². The number of aromatic nitrogens is 2. The van der Waals surface area contributed by atoms with Gasteiger partial charge in [-0.05, 0) is 61.9 Å². The second-order valence-electron chi connectivity index (χ2n) is 6.44. The Labute approximate surface area is 162 Å². The predicted molar refractivity (Wildman–Crippen MR) is 106 cm³/mol. The number of nitrogens with one attached hydrogen (secondary N) is 2. The Bertz CT molecular complexity index is 928. The number of carbonyl (C=O) groups is 1. The van der Waals surface area contributed by atoms with Crippen molar-refractivity contribution in [2.24, 2.45) is 0 Å². The molecule has 7 heteroatoms. The first-order chi connectivity index (χ1) is 13.5. The highest BCUT2D eigenvalue weighted by Gasteiger charge is 2.09. The zero-order valence-corrected chi connectivity index (χ0v) is 15.6. The lowest BCUT2D eigenvalue weighted by Gasteiger charge is -2.11. The van der Waals surface area contributed by atoms with Gasteiger partial charge in [-0.3, -0.25) is 4.79 Å². The number of carbonyl (C=O) groups excluding carboxylic acids is 1. The highest BCUT2D eigenvalue weighted by molar-refractivity contribution is 5.91. The summed E-state index contributed by atoms with van der Waals surface area (Å²) in [6.07, 6.45) is 0.0462. The fourth-order valence-corrected chi connectivity index (χ4v) is 2.50. The predicted octanol–water partition coefficient (Wildman–Crippen LogP) is 4.33.